The van der Waals surface area contributed by atoms with Crippen molar-refractivity contribution in [2.24, 2.45) is 5.10 Å². The Bertz CT molecular complexity index is 1170. The number of anilines is 1. The molecule has 30 heavy (non-hydrogen) atoms. The van der Waals surface area contributed by atoms with Crippen LogP contribution in [0, 0.1) is 5.82 Å². The highest BCUT2D eigenvalue weighted by Crippen LogP contribution is 2.25. The minimum atomic E-state index is -4.20. The molecule has 0 saturated heterocycles. The van der Waals surface area contributed by atoms with Gasteiger partial charge in [0.15, 0.2) is 0 Å². The van der Waals surface area contributed by atoms with Crippen molar-refractivity contribution >= 4 is 39.4 Å². The van der Waals surface area contributed by atoms with Crippen molar-refractivity contribution in [2.45, 2.75) is 4.90 Å². The second-order valence-electron chi connectivity index (χ2n) is 6.09. The molecule has 3 aromatic rings. The molecule has 0 heterocycles. The van der Waals surface area contributed by atoms with Crippen LogP contribution in [-0.4, -0.2) is 27.1 Å². The fourth-order valence-corrected chi connectivity index (χ4v) is 4.23. The number of nitrogens with one attached hydrogen (secondary N) is 1. The molecule has 0 aromatic heterocycles. The molecule has 9 heteroatoms. The molecule has 0 bridgehead atoms. The van der Waals surface area contributed by atoms with Gasteiger partial charge in [-0.05, 0) is 30.3 Å². The number of benzene rings is 3. The number of hydrogen-bond donors (Lipinski definition) is 1. The first kappa shape index (κ1) is 21.5. The van der Waals surface area contributed by atoms with Crippen molar-refractivity contribution in [2.75, 3.05) is 10.8 Å². The van der Waals surface area contributed by atoms with Gasteiger partial charge in [0.05, 0.1) is 16.8 Å². The summed E-state index contributed by atoms with van der Waals surface area (Å²) in [7, 11) is -4.20. The molecular formula is C21H17ClFN3O3S. The Labute approximate surface area is 178 Å². The summed E-state index contributed by atoms with van der Waals surface area (Å²) in [5, 5.41) is 4.24. The van der Waals surface area contributed by atoms with Gasteiger partial charge in [0, 0.05) is 10.6 Å². The predicted molar refractivity (Wildman–Crippen MR) is 115 cm³/mol. The van der Waals surface area contributed by atoms with Crippen molar-refractivity contribution in [1.29, 1.82) is 0 Å². The van der Waals surface area contributed by atoms with Gasteiger partial charge in [-0.1, -0.05) is 60.1 Å². The van der Waals surface area contributed by atoms with Crippen molar-refractivity contribution in [3.8, 4) is 0 Å². The lowest BCUT2D eigenvalue weighted by molar-refractivity contribution is -0.119. The second-order valence-corrected chi connectivity index (χ2v) is 8.36. The average Bonchev–Trinajstić information content (AvgIpc) is 2.74. The third-order valence-electron chi connectivity index (χ3n) is 4.04. The molecule has 154 valence electrons. The van der Waals surface area contributed by atoms with Crippen LogP contribution in [0.2, 0.25) is 5.02 Å². The molecule has 0 unspecified atom stereocenters. The second kappa shape index (κ2) is 9.51. The van der Waals surface area contributed by atoms with E-state index in [1.165, 1.54) is 36.5 Å². The van der Waals surface area contributed by atoms with Gasteiger partial charge in [0.25, 0.3) is 15.9 Å². The number of amides is 1. The highest BCUT2D eigenvalue weighted by atomic mass is 35.5. The van der Waals surface area contributed by atoms with E-state index in [2.05, 4.69) is 10.5 Å². The predicted octanol–water partition coefficient (Wildman–Crippen LogP) is 3.82. The molecule has 6 nitrogen and oxygen atoms in total. The lowest BCUT2D eigenvalue weighted by atomic mass is 10.2. The van der Waals surface area contributed by atoms with Gasteiger partial charge >= 0.3 is 0 Å². The Morgan fingerprint density at radius 1 is 1.00 bits per heavy atom. The van der Waals surface area contributed by atoms with Crippen LogP contribution in [0.5, 0.6) is 0 Å². The highest BCUT2D eigenvalue weighted by molar-refractivity contribution is 7.92. The first-order valence-corrected chi connectivity index (χ1v) is 10.6. The van der Waals surface area contributed by atoms with Crippen LogP contribution in [0.3, 0.4) is 0 Å². The quantitative estimate of drug-likeness (QED) is 0.443. The molecule has 0 fully saturated rings. The number of carbonyl (C=O) groups excluding carboxylic acids is 1. The Balaban J connectivity index is 1.85. The van der Waals surface area contributed by atoms with Crippen LogP contribution < -0.4 is 9.73 Å². The van der Waals surface area contributed by atoms with Crippen LogP contribution >= 0.6 is 11.6 Å². The Morgan fingerprint density at radius 3 is 2.33 bits per heavy atom. The molecule has 1 amide bonds. The van der Waals surface area contributed by atoms with E-state index in [1.807, 2.05) is 0 Å². The molecule has 1 N–H and O–H groups in total. The standard InChI is InChI=1S/C21H17ClFN3O3S/c22-18-11-5-4-8-16(18)14-24-25-21(27)15-26(20-13-7-6-12-19(20)23)30(28,29)17-9-2-1-3-10-17/h1-14H,15H2,(H,25,27)/b24-14-. The maximum Gasteiger partial charge on any atom is 0.264 e. The Kier molecular flexibility index (Phi) is 6.81. The van der Waals surface area contributed by atoms with Crippen molar-refractivity contribution < 1.29 is 17.6 Å². The van der Waals surface area contributed by atoms with Crippen LogP contribution in [0.4, 0.5) is 10.1 Å². The highest BCUT2D eigenvalue weighted by Gasteiger charge is 2.28. The maximum absolute atomic E-state index is 14.4. The topological polar surface area (TPSA) is 78.8 Å². The van der Waals surface area contributed by atoms with Gasteiger partial charge in [-0.3, -0.25) is 9.10 Å². The van der Waals surface area contributed by atoms with Crippen LogP contribution in [0.25, 0.3) is 0 Å². The van der Waals surface area contributed by atoms with E-state index < -0.39 is 28.3 Å². The van der Waals surface area contributed by atoms with Gasteiger partial charge in [-0.2, -0.15) is 5.10 Å². The van der Waals surface area contributed by atoms with Gasteiger partial charge in [-0.25, -0.2) is 18.2 Å². The fourth-order valence-electron chi connectivity index (χ4n) is 2.59. The summed E-state index contributed by atoms with van der Waals surface area (Å²) in [4.78, 5) is 12.3. The summed E-state index contributed by atoms with van der Waals surface area (Å²) in [6.45, 7) is -0.669. The largest absolute Gasteiger partial charge is 0.271 e. The Hall–Kier alpha value is -3.23. The fraction of sp³-hybridized carbons (Fsp3) is 0.0476. The van der Waals surface area contributed by atoms with Crippen LogP contribution in [0.1, 0.15) is 5.56 Å². The van der Waals surface area contributed by atoms with Crippen molar-refractivity contribution in [1.82, 2.24) is 5.43 Å². The smallest absolute Gasteiger partial charge is 0.264 e. The zero-order valence-electron chi connectivity index (χ0n) is 15.6. The van der Waals surface area contributed by atoms with E-state index in [0.717, 1.165) is 6.07 Å². The number of para-hydroxylation sites is 1. The molecule has 0 atom stereocenters. The molecule has 0 aliphatic rings. The van der Waals surface area contributed by atoms with E-state index in [9.17, 15) is 17.6 Å². The third kappa shape index (κ3) is 5.03. The van der Waals surface area contributed by atoms with Crippen LogP contribution in [-0.2, 0) is 14.8 Å². The normalized spacial score (nSPS) is 11.4. The van der Waals surface area contributed by atoms with Crippen molar-refractivity contribution in [3.63, 3.8) is 0 Å². The van der Waals surface area contributed by atoms with E-state index >= 15 is 0 Å². The minimum absolute atomic E-state index is 0.0689. The monoisotopic (exact) mass is 445 g/mol. The summed E-state index contributed by atoms with van der Waals surface area (Å²) >= 11 is 6.02. The number of halogens is 2. The van der Waals surface area contributed by atoms with E-state index in [4.69, 9.17) is 11.6 Å². The lowest BCUT2D eigenvalue weighted by Gasteiger charge is -2.24. The molecule has 0 aliphatic carbocycles. The number of hydrazone groups is 1. The molecular weight excluding hydrogens is 429 g/mol. The molecule has 0 saturated carbocycles. The molecule has 3 rings (SSSR count). The van der Waals surface area contributed by atoms with Gasteiger partial charge in [0.1, 0.15) is 12.4 Å². The zero-order chi connectivity index (χ0) is 21.6. The minimum Gasteiger partial charge on any atom is -0.271 e. The molecule has 0 aliphatic heterocycles. The SMILES string of the molecule is O=C(CN(c1ccccc1F)S(=O)(=O)c1ccccc1)N/N=C\c1ccccc1Cl. The number of carbonyl (C=O) groups is 1. The van der Waals surface area contributed by atoms with Gasteiger partial charge in [0.2, 0.25) is 0 Å². The third-order valence-corrected chi connectivity index (χ3v) is 6.16. The zero-order valence-corrected chi connectivity index (χ0v) is 17.1. The first-order chi connectivity index (χ1) is 14.4. The number of nitrogens with zero attached hydrogens (tertiary/aromatic N) is 2. The number of rotatable bonds is 7. The summed E-state index contributed by atoms with van der Waals surface area (Å²) in [5.41, 5.74) is 2.57. The van der Waals surface area contributed by atoms with Crippen molar-refractivity contribution in [3.05, 3.63) is 95.3 Å². The van der Waals surface area contributed by atoms with E-state index in [1.54, 1.807) is 42.5 Å². The number of sulfonamides is 1. The average molecular weight is 446 g/mol. The summed E-state index contributed by atoms with van der Waals surface area (Å²) in [5.74, 6) is -1.52. The first-order valence-electron chi connectivity index (χ1n) is 8.78. The van der Waals surface area contributed by atoms with Gasteiger partial charge in [-0.15, -0.1) is 0 Å². The summed E-state index contributed by atoms with van der Waals surface area (Å²) in [6, 6.07) is 19.7. The molecule has 0 radical (unpaired) electrons. The number of hydrogen-bond acceptors (Lipinski definition) is 4. The van der Waals surface area contributed by atoms with Gasteiger partial charge < -0.3 is 0 Å². The van der Waals surface area contributed by atoms with E-state index in [0.29, 0.717) is 14.9 Å². The lowest BCUT2D eigenvalue weighted by Crippen LogP contribution is -2.40. The van der Waals surface area contributed by atoms with E-state index in [-0.39, 0.29) is 10.6 Å². The molecule has 0 spiro atoms. The van der Waals surface area contributed by atoms with Crippen LogP contribution in [0.15, 0.2) is 88.9 Å². The Morgan fingerprint density at radius 2 is 1.63 bits per heavy atom. The summed E-state index contributed by atoms with van der Waals surface area (Å²) < 4.78 is 41.2. The maximum atomic E-state index is 14.4. The summed E-state index contributed by atoms with van der Waals surface area (Å²) in [6.07, 6.45) is 1.33. The molecule has 3 aromatic carbocycles.